The van der Waals surface area contributed by atoms with Crippen molar-refractivity contribution in [3.8, 4) is 0 Å². The fraction of sp³-hybridized carbons (Fsp3) is 0.769. The third kappa shape index (κ3) is 3.11. The molecule has 0 saturated carbocycles. The fourth-order valence-corrected chi connectivity index (χ4v) is 2.80. The van der Waals surface area contributed by atoms with Crippen molar-refractivity contribution < 1.29 is 4.74 Å². The zero-order valence-electron chi connectivity index (χ0n) is 11.7. The largest absolute Gasteiger partial charge is 0.378 e. The van der Waals surface area contributed by atoms with Crippen molar-refractivity contribution in [3.05, 3.63) is 16.4 Å². The summed E-state index contributed by atoms with van der Waals surface area (Å²) in [6, 6.07) is 0.273. The standard InChI is InChI=1S/C13H23ClN4O/c1-3-11-13(14)12(18(4-2)16-11)8-17-5-6-19-9-10(17)7-15/h10H,3-9,15H2,1-2H3. The van der Waals surface area contributed by atoms with Gasteiger partial charge in [0.15, 0.2) is 0 Å². The van der Waals surface area contributed by atoms with E-state index in [1.807, 2.05) is 4.68 Å². The summed E-state index contributed by atoms with van der Waals surface area (Å²) < 4.78 is 7.48. The van der Waals surface area contributed by atoms with Crippen LogP contribution in [0.2, 0.25) is 5.02 Å². The molecule has 2 N–H and O–H groups in total. The molecule has 1 saturated heterocycles. The quantitative estimate of drug-likeness (QED) is 0.886. The maximum Gasteiger partial charge on any atom is 0.0863 e. The van der Waals surface area contributed by atoms with E-state index in [9.17, 15) is 0 Å². The number of aromatic nitrogens is 2. The summed E-state index contributed by atoms with van der Waals surface area (Å²) in [5.74, 6) is 0. The van der Waals surface area contributed by atoms with Gasteiger partial charge in [-0.1, -0.05) is 18.5 Å². The lowest BCUT2D eigenvalue weighted by atomic mass is 10.2. The van der Waals surface area contributed by atoms with E-state index >= 15 is 0 Å². The molecule has 0 aromatic carbocycles. The van der Waals surface area contributed by atoms with E-state index in [0.29, 0.717) is 13.2 Å². The third-order valence-corrected chi connectivity index (χ3v) is 4.10. The minimum absolute atomic E-state index is 0.273. The Bertz CT molecular complexity index is 421. The summed E-state index contributed by atoms with van der Waals surface area (Å²) in [5, 5.41) is 5.37. The van der Waals surface area contributed by atoms with E-state index in [-0.39, 0.29) is 6.04 Å². The van der Waals surface area contributed by atoms with Gasteiger partial charge in [-0.05, 0) is 13.3 Å². The molecule has 1 aromatic rings. The number of ether oxygens (including phenoxy) is 1. The van der Waals surface area contributed by atoms with Crippen LogP contribution in [0.3, 0.4) is 0 Å². The van der Waals surface area contributed by atoms with Crippen LogP contribution in [-0.2, 0) is 24.2 Å². The van der Waals surface area contributed by atoms with Gasteiger partial charge in [0.2, 0.25) is 0 Å². The third-order valence-electron chi connectivity index (χ3n) is 3.67. The van der Waals surface area contributed by atoms with Crippen LogP contribution in [0, 0.1) is 0 Å². The van der Waals surface area contributed by atoms with E-state index in [2.05, 4.69) is 23.8 Å². The molecule has 1 unspecified atom stereocenters. The fourth-order valence-electron chi connectivity index (χ4n) is 2.48. The number of hydrogen-bond acceptors (Lipinski definition) is 4. The van der Waals surface area contributed by atoms with Crippen LogP contribution in [0.5, 0.6) is 0 Å². The van der Waals surface area contributed by atoms with Crippen LogP contribution in [0.1, 0.15) is 25.2 Å². The first-order valence-electron chi connectivity index (χ1n) is 6.97. The second-order valence-corrected chi connectivity index (χ2v) is 5.19. The molecule has 19 heavy (non-hydrogen) atoms. The molecule has 6 heteroatoms. The first-order chi connectivity index (χ1) is 9.21. The molecule has 0 aliphatic carbocycles. The Morgan fingerprint density at radius 2 is 2.26 bits per heavy atom. The SMILES string of the molecule is CCc1nn(CC)c(CN2CCOCC2CN)c1Cl. The highest BCUT2D eigenvalue weighted by molar-refractivity contribution is 6.31. The number of halogens is 1. The molecule has 1 fully saturated rings. The Morgan fingerprint density at radius 3 is 2.89 bits per heavy atom. The highest BCUT2D eigenvalue weighted by atomic mass is 35.5. The van der Waals surface area contributed by atoms with Crippen LogP contribution in [0.4, 0.5) is 0 Å². The monoisotopic (exact) mass is 286 g/mol. The van der Waals surface area contributed by atoms with Crippen molar-refractivity contribution >= 4 is 11.6 Å². The van der Waals surface area contributed by atoms with Crippen LogP contribution in [0.15, 0.2) is 0 Å². The summed E-state index contributed by atoms with van der Waals surface area (Å²) >= 11 is 6.45. The van der Waals surface area contributed by atoms with Gasteiger partial charge in [0.1, 0.15) is 0 Å². The first kappa shape index (κ1) is 14.8. The molecule has 1 atom stereocenters. The molecule has 1 aliphatic rings. The van der Waals surface area contributed by atoms with E-state index in [1.165, 1.54) is 0 Å². The molecular formula is C13H23ClN4O. The minimum Gasteiger partial charge on any atom is -0.378 e. The van der Waals surface area contributed by atoms with Crippen LogP contribution in [-0.4, -0.2) is 47.0 Å². The molecule has 0 amide bonds. The number of hydrogen-bond donors (Lipinski definition) is 1. The average Bonchev–Trinajstić information content (AvgIpc) is 2.76. The molecule has 2 rings (SSSR count). The molecule has 0 radical (unpaired) electrons. The van der Waals surface area contributed by atoms with E-state index in [4.69, 9.17) is 22.1 Å². The lowest BCUT2D eigenvalue weighted by Crippen LogP contribution is -2.49. The van der Waals surface area contributed by atoms with Gasteiger partial charge in [-0.2, -0.15) is 5.10 Å². The summed E-state index contributed by atoms with van der Waals surface area (Å²) in [6.45, 7) is 8.77. The number of morpholine rings is 1. The van der Waals surface area contributed by atoms with Gasteiger partial charge in [-0.15, -0.1) is 0 Å². The summed E-state index contributed by atoms with van der Waals surface area (Å²) in [4.78, 5) is 2.35. The summed E-state index contributed by atoms with van der Waals surface area (Å²) in [6.07, 6.45) is 0.863. The van der Waals surface area contributed by atoms with Crippen molar-refractivity contribution in [3.63, 3.8) is 0 Å². The van der Waals surface area contributed by atoms with Crippen LogP contribution in [0.25, 0.3) is 0 Å². The maximum atomic E-state index is 6.45. The zero-order chi connectivity index (χ0) is 13.8. The molecule has 108 valence electrons. The van der Waals surface area contributed by atoms with Gasteiger partial charge in [0.05, 0.1) is 29.6 Å². The van der Waals surface area contributed by atoms with Gasteiger partial charge < -0.3 is 10.5 Å². The molecule has 0 spiro atoms. The predicted octanol–water partition coefficient (Wildman–Crippen LogP) is 1.28. The highest BCUT2D eigenvalue weighted by Crippen LogP contribution is 2.24. The van der Waals surface area contributed by atoms with Gasteiger partial charge in [-0.3, -0.25) is 9.58 Å². The molecule has 0 bridgehead atoms. The Kier molecular flexibility index (Phi) is 5.21. The number of aryl methyl sites for hydroxylation is 2. The van der Waals surface area contributed by atoms with E-state index in [1.54, 1.807) is 0 Å². The lowest BCUT2D eigenvalue weighted by molar-refractivity contribution is -0.00900. The molecule has 5 nitrogen and oxygen atoms in total. The highest BCUT2D eigenvalue weighted by Gasteiger charge is 2.25. The van der Waals surface area contributed by atoms with Crippen molar-refractivity contribution in [2.75, 3.05) is 26.3 Å². The van der Waals surface area contributed by atoms with Gasteiger partial charge >= 0.3 is 0 Å². The molecule has 2 heterocycles. The predicted molar refractivity (Wildman–Crippen MR) is 76.4 cm³/mol. The molecular weight excluding hydrogens is 264 g/mol. The Hall–Kier alpha value is -0.620. The normalized spacial score (nSPS) is 20.9. The number of nitrogens with zero attached hydrogens (tertiary/aromatic N) is 3. The van der Waals surface area contributed by atoms with Crippen molar-refractivity contribution in [2.24, 2.45) is 5.73 Å². The van der Waals surface area contributed by atoms with Crippen LogP contribution >= 0.6 is 11.6 Å². The Balaban J connectivity index is 2.19. The van der Waals surface area contributed by atoms with Gasteiger partial charge in [0, 0.05) is 32.2 Å². The van der Waals surface area contributed by atoms with E-state index in [0.717, 1.165) is 49.1 Å². The first-order valence-corrected chi connectivity index (χ1v) is 7.34. The number of rotatable bonds is 5. The van der Waals surface area contributed by atoms with Gasteiger partial charge in [0.25, 0.3) is 0 Å². The average molecular weight is 287 g/mol. The lowest BCUT2D eigenvalue weighted by Gasteiger charge is -2.34. The zero-order valence-corrected chi connectivity index (χ0v) is 12.5. The Morgan fingerprint density at radius 1 is 1.47 bits per heavy atom. The summed E-state index contributed by atoms with van der Waals surface area (Å²) in [7, 11) is 0. The van der Waals surface area contributed by atoms with E-state index < -0.39 is 0 Å². The second kappa shape index (κ2) is 6.70. The van der Waals surface area contributed by atoms with Crippen molar-refractivity contribution in [2.45, 2.75) is 39.4 Å². The minimum atomic E-state index is 0.273. The smallest absolute Gasteiger partial charge is 0.0863 e. The number of nitrogens with two attached hydrogens (primary N) is 1. The summed E-state index contributed by atoms with van der Waals surface area (Å²) in [5.41, 5.74) is 7.89. The molecule has 1 aliphatic heterocycles. The van der Waals surface area contributed by atoms with Gasteiger partial charge in [-0.25, -0.2) is 0 Å². The second-order valence-electron chi connectivity index (χ2n) is 4.81. The van der Waals surface area contributed by atoms with Crippen molar-refractivity contribution in [1.29, 1.82) is 0 Å². The van der Waals surface area contributed by atoms with Crippen LogP contribution < -0.4 is 5.73 Å². The Labute approximate surface area is 119 Å². The topological polar surface area (TPSA) is 56.3 Å². The maximum absolute atomic E-state index is 6.45. The molecule has 1 aromatic heterocycles. The van der Waals surface area contributed by atoms with Crippen molar-refractivity contribution in [1.82, 2.24) is 14.7 Å².